The van der Waals surface area contributed by atoms with Crippen LogP contribution in [0.3, 0.4) is 0 Å². The van der Waals surface area contributed by atoms with E-state index >= 15 is 0 Å². The lowest BCUT2D eigenvalue weighted by atomic mass is 10.2. The van der Waals surface area contributed by atoms with Gasteiger partial charge in [0.2, 0.25) is 5.91 Å². The van der Waals surface area contributed by atoms with Crippen LogP contribution in [-0.4, -0.2) is 63.8 Å². The molecule has 0 spiro atoms. The molecule has 0 unspecified atom stereocenters. The smallest absolute Gasteiger partial charge is 0.233 e. The number of nitrogens with zero attached hydrogens (tertiary/aromatic N) is 4. The van der Waals surface area contributed by atoms with E-state index in [0.717, 1.165) is 24.1 Å². The molecular formula is C19H26N4O3S2. The van der Waals surface area contributed by atoms with Gasteiger partial charge in [-0.25, -0.2) is 8.42 Å². The minimum absolute atomic E-state index is 0.0418. The van der Waals surface area contributed by atoms with Crippen molar-refractivity contribution in [3.05, 3.63) is 36.2 Å². The number of para-hydroxylation sites is 1. The number of aromatic nitrogens is 3. The average molecular weight is 423 g/mol. The highest BCUT2D eigenvalue weighted by atomic mass is 32.2. The van der Waals surface area contributed by atoms with Crippen LogP contribution < -0.4 is 0 Å². The number of benzene rings is 1. The highest BCUT2D eigenvalue weighted by molar-refractivity contribution is 7.99. The highest BCUT2D eigenvalue weighted by Crippen LogP contribution is 2.24. The van der Waals surface area contributed by atoms with Crippen LogP contribution in [0.1, 0.15) is 31.7 Å². The van der Waals surface area contributed by atoms with Gasteiger partial charge in [0.05, 0.1) is 22.9 Å². The molecule has 0 saturated carbocycles. The van der Waals surface area contributed by atoms with Gasteiger partial charge in [0.1, 0.15) is 6.33 Å². The van der Waals surface area contributed by atoms with Crippen molar-refractivity contribution in [2.24, 2.45) is 0 Å². The Balaban J connectivity index is 1.70. The predicted molar refractivity (Wildman–Crippen MR) is 110 cm³/mol. The number of hydrogen-bond donors (Lipinski definition) is 0. The van der Waals surface area contributed by atoms with E-state index in [1.165, 1.54) is 11.8 Å². The minimum atomic E-state index is -3.03. The summed E-state index contributed by atoms with van der Waals surface area (Å²) in [6.45, 7) is 4.68. The van der Waals surface area contributed by atoms with Crippen molar-refractivity contribution in [3.63, 3.8) is 0 Å². The van der Waals surface area contributed by atoms with E-state index in [4.69, 9.17) is 0 Å². The zero-order chi connectivity index (χ0) is 20.1. The van der Waals surface area contributed by atoms with E-state index in [9.17, 15) is 13.2 Å². The second-order valence-electron chi connectivity index (χ2n) is 7.06. The molecule has 2 aromatic rings. The van der Waals surface area contributed by atoms with Crippen molar-refractivity contribution in [2.75, 3.05) is 23.8 Å². The Hall–Kier alpha value is -1.87. The Morgan fingerprint density at radius 3 is 2.82 bits per heavy atom. The third-order valence-electron chi connectivity index (χ3n) is 4.94. The number of thioether (sulfide) groups is 1. The fraction of sp³-hybridized carbons (Fsp3) is 0.526. The van der Waals surface area contributed by atoms with Crippen molar-refractivity contribution in [3.8, 4) is 5.69 Å². The van der Waals surface area contributed by atoms with Crippen LogP contribution in [0.15, 0.2) is 35.7 Å². The number of carbonyl (C=O) groups is 1. The standard InChI is InChI=1S/C19H26N4O3S2/c1-3-4-10-22(16-9-11-28(25,26)13-16)18(24)12-27-19-21-20-14-23(19)17-8-6-5-7-15(17)2/h5-8,14,16H,3-4,9-13H2,1-2H3/t16-/m0/s1. The molecule has 1 amide bonds. The number of sulfone groups is 1. The predicted octanol–water partition coefficient (Wildman–Crippen LogP) is 2.48. The lowest BCUT2D eigenvalue weighted by Crippen LogP contribution is -2.42. The number of aryl methyl sites for hydroxylation is 1. The average Bonchev–Trinajstić information content (AvgIpc) is 3.27. The second kappa shape index (κ2) is 9.09. The van der Waals surface area contributed by atoms with Gasteiger partial charge in [-0.1, -0.05) is 43.3 Å². The molecule has 0 bridgehead atoms. The van der Waals surface area contributed by atoms with E-state index in [1.807, 2.05) is 35.8 Å². The van der Waals surface area contributed by atoms with E-state index < -0.39 is 9.84 Å². The maximum Gasteiger partial charge on any atom is 0.233 e. The monoisotopic (exact) mass is 422 g/mol. The first-order valence-corrected chi connectivity index (χ1v) is 12.3. The third kappa shape index (κ3) is 4.94. The maximum atomic E-state index is 12.9. The Morgan fingerprint density at radius 2 is 2.14 bits per heavy atom. The largest absolute Gasteiger partial charge is 0.338 e. The summed E-state index contributed by atoms with van der Waals surface area (Å²) in [4.78, 5) is 14.7. The first-order valence-electron chi connectivity index (χ1n) is 9.50. The molecule has 0 N–H and O–H groups in total. The van der Waals surface area contributed by atoms with Gasteiger partial charge in [-0.2, -0.15) is 0 Å². The molecule has 0 radical (unpaired) electrons. The van der Waals surface area contributed by atoms with Gasteiger partial charge in [0.25, 0.3) is 0 Å². The van der Waals surface area contributed by atoms with Gasteiger partial charge in [-0.05, 0) is 31.4 Å². The fourth-order valence-corrected chi connectivity index (χ4v) is 5.93. The van der Waals surface area contributed by atoms with Gasteiger partial charge in [-0.3, -0.25) is 9.36 Å². The summed E-state index contributed by atoms with van der Waals surface area (Å²) in [5.74, 6) is 0.416. The fourth-order valence-electron chi connectivity index (χ4n) is 3.39. The van der Waals surface area contributed by atoms with E-state index in [0.29, 0.717) is 18.1 Å². The summed E-state index contributed by atoms with van der Waals surface area (Å²) in [6.07, 6.45) is 4.00. The molecule has 1 aromatic heterocycles. The molecule has 1 aromatic carbocycles. The summed E-state index contributed by atoms with van der Waals surface area (Å²) in [5.41, 5.74) is 2.07. The SMILES string of the molecule is CCCCN(C(=O)CSc1nncn1-c1ccccc1C)[C@H]1CCS(=O)(=O)C1. The van der Waals surface area contributed by atoms with E-state index in [-0.39, 0.29) is 29.2 Å². The Labute approximate surface area is 170 Å². The molecule has 7 nitrogen and oxygen atoms in total. The zero-order valence-electron chi connectivity index (χ0n) is 16.2. The molecule has 0 aliphatic carbocycles. The normalized spacial score (nSPS) is 18.3. The Bertz CT molecular complexity index is 927. The van der Waals surface area contributed by atoms with Gasteiger partial charge >= 0.3 is 0 Å². The van der Waals surface area contributed by atoms with Crippen molar-refractivity contribution in [1.82, 2.24) is 19.7 Å². The maximum absolute atomic E-state index is 12.9. The van der Waals surface area contributed by atoms with Crippen molar-refractivity contribution in [2.45, 2.75) is 44.3 Å². The zero-order valence-corrected chi connectivity index (χ0v) is 17.9. The molecule has 1 fully saturated rings. The van der Waals surface area contributed by atoms with Gasteiger partial charge in [0, 0.05) is 12.6 Å². The summed E-state index contributed by atoms with van der Waals surface area (Å²) in [5, 5.41) is 8.80. The molecule has 28 heavy (non-hydrogen) atoms. The van der Waals surface area contributed by atoms with Crippen LogP contribution in [0.2, 0.25) is 0 Å². The summed E-state index contributed by atoms with van der Waals surface area (Å²) >= 11 is 1.33. The number of unbranched alkanes of at least 4 members (excludes halogenated alkanes) is 1. The van der Waals surface area contributed by atoms with E-state index in [1.54, 1.807) is 11.2 Å². The molecule has 152 valence electrons. The molecule has 3 rings (SSSR count). The number of amides is 1. The van der Waals surface area contributed by atoms with Crippen LogP contribution in [0.4, 0.5) is 0 Å². The van der Waals surface area contributed by atoms with Crippen molar-refractivity contribution < 1.29 is 13.2 Å². The van der Waals surface area contributed by atoms with Crippen molar-refractivity contribution >= 4 is 27.5 Å². The van der Waals surface area contributed by atoms with Crippen LogP contribution >= 0.6 is 11.8 Å². The molecular weight excluding hydrogens is 396 g/mol. The Kier molecular flexibility index (Phi) is 6.77. The molecule has 1 aliphatic rings. The molecule has 2 heterocycles. The first-order chi connectivity index (χ1) is 13.4. The molecule has 1 saturated heterocycles. The van der Waals surface area contributed by atoms with Crippen LogP contribution in [0.5, 0.6) is 0 Å². The third-order valence-corrected chi connectivity index (χ3v) is 7.62. The number of carbonyl (C=O) groups excluding carboxylic acids is 1. The topological polar surface area (TPSA) is 85.2 Å². The Morgan fingerprint density at radius 1 is 1.36 bits per heavy atom. The summed E-state index contributed by atoms with van der Waals surface area (Å²) < 4.78 is 25.6. The molecule has 9 heteroatoms. The lowest BCUT2D eigenvalue weighted by Gasteiger charge is -2.28. The summed E-state index contributed by atoms with van der Waals surface area (Å²) in [6, 6.07) is 7.72. The first kappa shape index (κ1) is 20.9. The molecule has 1 aliphatic heterocycles. The van der Waals surface area contributed by atoms with E-state index in [2.05, 4.69) is 17.1 Å². The minimum Gasteiger partial charge on any atom is -0.338 e. The van der Waals surface area contributed by atoms with Crippen LogP contribution in [0.25, 0.3) is 5.69 Å². The molecule has 1 atom stereocenters. The van der Waals surface area contributed by atoms with Gasteiger partial charge in [-0.15, -0.1) is 10.2 Å². The number of rotatable bonds is 8. The van der Waals surface area contributed by atoms with Crippen molar-refractivity contribution in [1.29, 1.82) is 0 Å². The van der Waals surface area contributed by atoms with Crippen LogP contribution in [0, 0.1) is 6.92 Å². The number of hydrogen-bond acceptors (Lipinski definition) is 6. The van der Waals surface area contributed by atoms with Gasteiger partial charge in [0.15, 0.2) is 15.0 Å². The second-order valence-corrected chi connectivity index (χ2v) is 10.2. The quantitative estimate of drug-likeness (QED) is 0.608. The lowest BCUT2D eigenvalue weighted by molar-refractivity contribution is -0.130. The summed E-state index contributed by atoms with van der Waals surface area (Å²) in [7, 11) is -3.03. The van der Waals surface area contributed by atoms with Crippen LogP contribution in [-0.2, 0) is 14.6 Å². The highest BCUT2D eigenvalue weighted by Gasteiger charge is 2.34. The van der Waals surface area contributed by atoms with Gasteiger partial charge < -0.3 is 4.90 Å².